The molecule has 1 aliphatic heterocycles. The Hall–Kier alpha value is -1.11. The van der Waals surface area contributed by atoms with Gasteiger partial charge in [0, 0.05) is 24.5 Å². The van der Waals surface area contributed by atoms with Gasteiger partial charge in [-0.3, -0.25) is 9.74 Å². The number of piperidine rings is 1. The molecule has 1 unspecified atom stereocenters. The molecule has 0 aromatic carbocycles. The molecule has 1 saturated heterocycles. The summed E-state index contributed by atoms with van der Waals surface area (Å²) in [6.45, 7) is 6.25. The predicted molar refractivity (Wildman–Crippen MR) is 80.5 cm³/mol. The Kier molecular flexibility index (Phi) is 6.29. The van der Waals surface area contributed by atoms with Crippen LogP contribution in [0, 0.1) is 5.92 Å². The first-order chi connectivity index (χ1) is 9.78. The Morgan fingerprint density at radius 1 is 1.60 bits per heavy atom. The van der Waals surface area contributed by atoms with Gasteiger partial charge in [-0.2, -0.15) is 0 Å². The van der Waals surface area contributed by atoms with E-state index in [0.717, 1.165) is 19.6 Å². The monoisotopic (exact) mass is 297 g/mol. The molecule has 2 N–H and O–H groups in total. The van der Waals surface area contributed by atoms with E-state index in [2.05, 4.69) is 33.2 Å². The molecule has 1 aliphatic rings. The number of thiophene rings is 1. The molecule has 1 atom stereocenters. The lowest BCUT2D eigenvalue weighted by atomic mass is 9.98. The predicted octanol–water partition coefficient (Wildman–Crippen LogP) is 2.21. The molecule has 0 aliphatic carbocycles. The number of hydrogen-bond acceptors (Lipinski definition) is 4. The third-order valence-electron chi connectivity index (χ3n) is 3.42. The van der Waals surface area contributed by atoms with Crippen molar-refractivity contribution in [1.29, 1.82) is 0 Å². The summed E-state index contributed by atoms with van der Waals surface area (Å²) in [7, 11) is 0. The summed E-state index contributed by atoms with van der Waals surface area (Å²) in [5, 5.41) is 4.99. The average Bonchev–Trinajstić information content (AvgIpc) is 2.96. The topological polar surface area (TPSA) is 53.6 Å². The number of rotatable bonds is 6. The average molecular weight is 297 g/mol. The lowest BCUT2D eigenvalue weighted by molar-refractivity contribution is 0.0695. The molecule has 1 aromatic rings. The van der Waals surface area contributed by atoms with Crippen LogP contribution in [0.25, 0.3) is 0 Å². The van der Waals surface area contributed by atoms with Crippen LogP contribution in [0.4, 0.5) is 4.79 Å². The summed E-state index contributed by atoms with van der Waals surface area (Å²) in [5.74, 6) is 0.524. The van der Waals surface area contributed by atoms with Gasteiger partial charge in [0.15, 0.2) is 0 Å². The van der Waals surface area contributed by atoms with Crippen LogP contribution in [0.1, 0.15) is 24.6 Å². The Morgan fingerprint density at radius 3 is 3.25 bits per heavy atom. The van der Waals surface area contributed by atoms with Gasteiger partial charge in [-0.05, 0) is 43.7 Å². The minimum Gasteiger partial charge on any atom is -0.336 e. The number of likely N-dealkylation sites (tertiary alicyclic amines) is 1. The molecular weight excluding hydrogens is 274 g/mol. The fourth-order valence-electron chi connectivity index (χ4n) is 2.50. The highest BCUT2D eigenvalue weighted by Crippen LogP contribution is 2.19. The molecule has 1 aromatic heterocycles. The molecule has 1 fully saturated rings. The van der Waals surface area contributed by atoms with Crippen LogP contribution >= 0.6 is 11.3 Å². The van der Waals surface area contributed by atoms with Gasteiger partial charge in [0.2, 0.25) is 0 Å². The largest absolute Gasteiger partial charge is 0.338 e. The number of carbonyl (C=O) groups is 1. The van der Waals surface area contributed by atoms with Gasteiger partial charge in [0.1, 0.15) is 0 Å². The zero-order valence-corrected chi connectivity index (χ0v) is 12.7. The standard InChI is InChI=1S/C14H23N3O2S/c1-2-19-16-14(18)15-9-12-5-3-7-17(10-12)11-13-6-4-8-20-13/h4,6,8,12H,2-3,5,7,9-11H2,1H3,(H2,15,16,18). The molecule has 5 nitrogen and oxygen atoms in total. The van der Waals surface area contributed by atoms with E-state index in [-0.39, 0.29) is 6.03 Å². The zero-order valence-electron chi connectivity index (χ0n) is 11.9. The highest BCUT2D eigenvalue weighted by Gasteiger charge is 2.20. The molecule has 0 bridgehead atoms. The van der Waals surface area contributed by atoms with Crippen molar-refractivity contribution in [2.24, 2.45) is 5.92 Å². The molecule has 0 spiro atoms. The van der Waals surface area contributed by atoms with E-state index in [1.165, 1.54) is 17.7 Å². The van der Waals surface area contributed by atoms with E-state index in [4.69, 9.17) is 4.84 Å². The number of nitrogens with zero attached hydrogens (tertiary/aromatic N) is 1. The quantitative estimate of drug-likeness (QED) is 0.792. The number of urea groups is 1. The smallest absolute Gasteiger partial charge is 0.336 e. The van der Waals surface area contributed by atoms with Gasteiger partial charge < -0.3 is 5.32 Å². The fraction of sp³-hybridized carbons (Fsp3) is 0.643. The fourth-order valence-corrected chi connectivity index (χ4v) is 3.24. The van der Waals surface area contributed by atoms with Crippen LogP contribution in [0.15, 0.2) is 17.5 Å². The number of hydrogen-bond donors (Lipinski definition) is 2. The highest BCUT2D eigenvalue weighted by molar-refractivity contribution is 7.09. The van der Waals surface area contributed by atoms with Crippen molar-refractivity contribution in [1.82, 2.24) is 15.7 Å². The highest BCUT2D eigenvalue weighted by atomic mass is 32.1. The summed E-state index contributed by atoms with van der Waals surface area (Å²) in [4.78, 5) is 20.2. The van der Waals surface area contributed by atoms with Crippen LogP contribution in [-0.2, 0) is 11.4 Å². The number of hydroxylamine groups is 1. The Morgan fingerprint density at radius 2 is 2.50 bits per heavy atom. The molecular formula is C14H23N3O2S. The van der Waals surface area contributed by atoms with Crippen LogP contribution in [0.3, 0.4) is 0 Å². The van der Waals surface area contributed by atoms with Gasteiger partial charge in [-0.15, -0.1) is 11.3 Å². The molecule has 2 heterocycles. The summed E-state index contributed by atoms with van der Waals surface area (Å²) >= 11 is 1.81. The van der Waals surface area contributed by atoms with Gasteiger partial charge in [-0.1, -0.05) is 6.07 Å². The number of nitrogens with one attached hydrogen (secondary N) is 2. The summed E-state index contributed by atoms with van der Waals surface area (Å²) < 4.78 is 0. The van der Waals surface area contributed by atoms with Crippen molar-refractivity contribution < 1.29 is 9.63 Å². The van der Waals surface area contributed by atoms with Crippen LogP contribution < -0.4 is 10.8 Å². The number of carbonyl (C=O) groups excluding carboxylic acids is 1. The van der Waals surface area contributed by atoms with Crippen LogP contribution in [0.5, 0.6) is 0 Å². The third kappa shape index (κ3) is 5.11. The maximum atomic E-state index is 11.4. The first kappa shape index (κ1) is 15.3. The van der Waals surface area contributed by atoms with E-state index in [0.29, 0.717) is 19.1 Å². The second kappa shape index (κ2) is 8.24. The summed E-state index contributed by atoms with van der Waals surface area (Å²) in [6, 6.07) is 4.03. The first-order valence-corrected chi connectivity index (χ1v) is 8.06. The Bertz CT molecular complexity index is 397. The van der Waals surface area contributed by atoms with E-state index in [1.54, 1.807) is 0 Å². The van der Waals surface area contributed by atoms with Crippen molar-refractivity contribution in [2.75, 3.05) is 26.2 Å². The van der Waals surface area contributed by atoms with E-state index in [1.807, 2.05) is 18.3 Å². The van der Waals surface area contributed by atoms with Gasteiger partial charge in [0.05, 0.1) is 6.61 Å². The maximum absolute atomic E-state index is 11.4. The van der Waals surface area contributed by atoms with Crippen LogP contribution in [-0.4, -0.2) is 37.2 Å². The third-order valence-corrected chi connectivity index (χ3v) is 4.28. The normalized spacial score (nSPS) is 19.8. The van der Waals surface area contributed by atoms with Crippen molar-refractivity contribution in [3.8, 4) is 0 Å². The van der Waals surface area contributed by atoms with Crippen molar-refractivity contribution in [3.05, 3.63) is 22.4 Å². The zero-order chi connectivity index (χ0) is 14.2. The van der Waals surface area contributed by atoms with Crippen molar-refractivity contribution >= 4 is 17.4 Å². The molecule has 2 amide bonds. The molecule has 2 rings (SSSR count). The lowest BCUT2D eigenvalue weighted by Gasteiger charge is -2.32. The van der Waals surface area contributed by atoms with Crippen molar-refractivity contribution in [2.45, 2.75) is 26.3 Å². The molecule has 0 radical (unpaired) electrons. The van der Waals surface area contributed by atoms with E-state index >= 15 is 0 Å². The minimum atomic E-state index is -0.248. The lowest BCUT2D eigenvalue weighted by Crippen LogP contribution is -2.43. The molecule has 20 heavy (non-hydrogen) atoms. The van der Waals surface area contributed by atoms with E-state index < -0.39 is 0 Å². The first-order valence-electron chi connectivity index (χ1n) is 7.18. The summed E-state index contributed by atoms with van der Waals surface area (Å²) in [5.41, 5.74) is 2.36. The maximum Gasteiger partial charge on any atom is 0.338 e. The molecule has 112 valence electrons. The second-order valence-electron chi connectivity index (χ2n) is 5.07. The number of amides is 2. The van der Waals surface area contributed by atoms with E-state index in [9.17, 15) is 4.79 Å². The molecule has 0 saturated carbocycles. The van der Waals surface area contributed by atoms with Gasteiger partial charge in [-0.25, -0.2) is 10.3 Å². The Balaban J connectivity index is 1.69. The second-order valence-corrected chi connectivity index (χ2v) is 6.10. The van der Waals surface area contributed by atoms with Crippen LogP contribution in [0.2, 0.25) is 0 Å². The Labute approximate surface area is 124 Å². The molecule has 6 heteroatoms. The van der Waals surface area contributed by atoms with Gasteiger partial charge >= 0.3 is 6.03 Å². The SMILES string of the molecule is CCONC(=O)NCC1CCCN(Cc2cccs2)C1. The minimum absolute atomic E-state index is 0.248. The van der Waals surface area contributed by atoms with Crippen molar-refractivity contribution in [3.63, 3.8) is 0 Å². The van der Waals surface area contributed by atoms with Gasteiger partial charge in [0.25, 0.3) is 0 Å². The summed E-state index contributed by atoms with van der Waals surface area (Å²) in [6.07, 6.45) is 2.38.